The van der Waals surface area contributed by atoms with E-state index in [1.807, 2.05) is 25.7 Å². The van der Waals surface area contributed by atoms with Crippen molar-refractivity contribution in [3.8, 4) is 5.75 Å². The van der Waals surface area contributed by atoms with Crippen LogP contribution in [0.15, 0.2) is 18.2 Å². The summed E-state index contributed by atoms with van der Waals surface area (Å²) in [5, 5.41) is 3.90. The largest absolute Gasteiger partial charge is 0.494 e. The van der Waals surface area contributed by atoms with Gasteiger partial charge in [-0.25, -0.2) is 0 Å². The average molecular weight is 309 g/mol. The summed E-state index contributed by atoms with van der Waals surface area (Å²) in [6, 6.07) is 6.90. The van der Waals surface area contributed by atoms with E-state index in [1.54, 1.807) is 0 Å². The molecule has 4 heteroatoms. The van der Waals surface area contributed by atoms with E-state index < -0.39 is 0 Å². The molecule has 1 fully saturated rings. The number of hydrogen-bond acceptors (Lipinski definition) is 4. The third-order valence-corrected chi connectivity index (χ3v) is 5.60. The Morgan fingerprint density at radius 2 is 2.29 bits per heavy atom. The van der Waals surface area contributed by atoms with Crippen LogP contribution in [-0.2, 0) is 10.5 Å². The van der Waals surface area contributed by atoms with Gasteiger partial charge in [0, 0.05) is 29.2 Å². The minimum Gasteiger partial charge on any atom is -0.494 e. The smallest absolute Gasteiger partial charge is 0.123 e. The fourth-order valence-electron chi connectivity index (χ4n) is 2.57. The van der Waals surface area contributed by atoms with Crippen LogP contribution >= 0.6 is 11.8 Å². The van der Waals surface area contributed by atoms with Crippen molar-refractivity contribution >= 4 is 11.8 Å². The van der Waals surface area contributed by atoms with Gasteiger partial charge in [0.1, 0.15) is 5.75 Å². The lowest BCUT2D eigenvalue weighted by Crippen LogP contribution is -2.14. The highest BCUT2D eigenvalue weighted by Crippen LogP contribution is 2.33. The summed E-state index contributed by atoms with van der Waals surface area (Å²) in [6.45, 7) is 8.00. The molecule has 1 N–H and O–H groups in total. The molecule has 21 heavy (non-hydrogen) atoms. The molecule has 118 valence electrons. The summed E-state index contributed by atoms with van der Waals surface area (Å²) < 4.78 is 11.4. The minimum atomic E-state index is 0.359. The third-order valence-electron chi connectivity index (χ3n) is 4.08. The molecule has 1 aliphatic rings. The fourth-order valence-corrected chi connectivity index (χ4v) is 3.80. The molecule has 0 radical (unpaired) electrons. The van der Waals surface area contributed by atoms with Gasteiger partial charge in [-0.2, -0.15) is 11.8 Å². The van der Waals surface area contributed by atoms with Gasteiger partial charge in [-0.1, -0.05) is 6.07 Å². The summed E-state index contributed by atoms with van der Waals surface area (Å²) in [5.41, 5.74) is 2.60. The highest BCUT2D eigenvalue weighted by Gasteiger charge is 2.24. The van der Waals surface area contributed by atoms with E-state index in [-0.39, 0.29) is 0 Å². The summed E-state index contributed by atoms with van der Waals surface area (Å²) in [6.07, 6.45) is 1.52. The first-order valence-corrected chi connectivity index (χ1v) is 8.86. The van der Waals surface area contributed by atoms with E-state index in [1.165, 1.54) is 11.1 Å². The zero-order valence-electron chi connectivity index (χ0n) is 13.5. The molecular formula is C17H27NO2S. The Labute approximate surface area is 132 Å². The van der Waals surface area contributed by atoms with Gasteiger partial charge < -0.3 is 14.8 Å². The molecule has 3 atom stereocenters. The second-order valence-corrected chi connectivity index (χ2v) is 6.75. The summed E-state index contributed by atoms with van der Waals surface area (Å²) in [5.74, 6) is 2.00. The molecule has 0 saturated carbocycles. The molecule has 1 aromatic rings. The van der Waals surface area contributed by atoms with E-state index in [0.717, 1.165) is 24.5 Å². The lowest BCUT2D eigenvalue weighted by atomic mass is 10.1. The van der Waals surface area contributed by atoms with Crippen molar-refractivity contribution in [2.75, 3.05) is 20.3 Å². The number of benzene rings is 1. The minimum absolute atomic E-state index is 0.359. The van der Waals surface area contributed by atoms with Crippen LogP contribution in [0.3, 0.4) is 0 Å². The lowest BCUT2D eigenvalue weighted by molar-refractivity contribution is 0.127. The van der Waals surface area contributed by atoms with E-state index in [2.05, 4.69) is 37.4 Å². The monoisotopic (exact) mass is 309 g/mol. The van der Waals surface area contributed by atoms with Crippen LogP contribution in [-0.4, -0.2) is 31.6 Å². The van der Waals surface area contributed by atoms with Gasteiger partial charge in [0.2, 0.25) is 0 Å². The van der Waals surface area contributed by atoms with Crippen LogP contribution in [0, 0.1) is 0 Å². The summed E-state index contributed by atoms with van der Waals surface area (Å²) in [4.78, 5) is 0. The predicted molar refractivity (Wildman–Crippen MR) is 90.2 cm³/mol. The number of nitrogens with one attached hydrogen (secondary N) is 1. The molecule has 1 saturated heterocycles. The highest BCUT2D eigenvalue weighted by atomic mass is 32.2. The molecule has 0 aliphatic carbocycles. The first-order valence-electron chi connectivity index (χ1n) is 7.81. The zero-order valence-corrected chi connectivity index (χ0v) is 14.3. The Bertz CT molecular complexity index is 452. The Morgan fingerprint density at radius 3 is 2.90 bits per heavy atom. The van der Waals surface area contributed by atoms with Gasteiger partial charge in [-0.15, -0.1) is 0 Å². The Balaban J connectivity index is 2.09. The second-order valence-electron chi connectivity index (χ2n) is 5.52. The van der Waals surface area contributed by atoms with Crippen LogP contribution in [0.25, 0.3) is 0 Å². The zero-order chi connectivity index (χ0) is 15.2. The van der Waals surface area contributed by atoms with Crippen molar-refractivity contribution in [3.63, 3.8) is 0 Å². The molecule has 1 aromatic carbocycles. The van der Waals surface area contributed by atoms with E-state index >= 15 is 0 Å². The van der Waals surface area contributed by atoms with E-state index in [0.29, 0.717) is 24.0 Å². The maximum atomic E-state index is 5.78. The van der Waals surface area contributed by atoms with Gasteiger partial charge in [0.05, 0.1) is 12.7 Å². The molecule has 0 bridgehead atoms. The fraction of sp³-hybridized carbons (Fsp3) is 0.647. The van der Waals surface area contributed by atoms with Crippen molar-refractivity contribution in [2.45, 2.75) is 50.3 Å². The van der Waals surface area contributed by atoms with Crippen LogP contribution in [0.4, 0.5) is 0 Å². The standard InChI is InChI=1S/C17H27NO2S/c1-5-19-16-7-6-14(12(2)18-4)10-15(16)11-21-17-8-9-20-13(17)3/h6-7,10,12-13,17-18H,5,8-9,11H2,1-4H3. The molecule has 3 unspecified atom stereocenters. The van der Waals surface area contributed by atoms with Crippen LogP contribution in [0.2, 0.25) is 0 Å². The number of thioether (sulfide) groups is 1. The first kappa shape index (κ1) is 16.7. The molecule has 0 spiro atoms. The maximum Gasteiger partial charge on any atom is 0.123 e. The highest BCUT2D eigenvalue weighted by molar-refractivity contribution is 7.99. The van der Waals surface area contributed by atoms with Crippen molar-refractivity contribution < 1.29 is 9.47 Å². The first-order chi connectivity index (χ1) is 10.2. The van der Waals surface area contributed by atoms with Crippen molar-refractivity contribution in [2.24, 2.45) is 0 Å². The number of ether oxygens (including phenoxy) is 2. The normalized spacial score (nSPS) is 23.2. The predicted octanol–water partition coefficient (Wildman–Crippen LogP) is 3.78. The molecule has 0 aromatic heterocycles. The van der Waals surface area contributed by atoms with Crippen molar-refractivity contribution in [1.82, 2.24) is 5.32 Å². The van der Waals surface area contributed by atoms with Crippen molar-refractivity contribution in [3.05, 3.63) is 29.3 Å². The number of hydrogen-bond donors (Lipinski definition) is 1. The number of rotatable bonds is 7. The second kappa shape index (κ2) is 8.06. The molecule has 1 aliphatic heterocycles. The maximum absolute atomic E-state index is 5.78. The topological polar surface area (TPSA) is 30.5 Å². The Hall–Kier alpha value is -0.710. The quantitative estimate of drug-likeness (QED) is 0.830. The molecular weight excluding hydrogens is 282 g/mol. The Morgan fingerprint density at radius 1 is 1.48 bits per heavy atom. The summed E-state index contributed by atoms with van der Waals surface area (Å²) >= 11 is 1.99. The summed E-state index contributed by atoms with van der Waals surface area (Å²) in [7, 11) is 1.99. The van der Waals surface area contributed by atoms with Crippen LogP contribution in [0.5, 0.6) is 5.75 Å². The molecule has 2 rings (SSSR count). The lowest BCUT2D eigenvalue weighted by Gasteiger charge is -2.18. The molecule has 3 nitrogen and oxygen atoms in total. The van der Waals surface area contributed by atoms with Gasteiger partial charge >= 0.3 is 0 Å². The SMILES string of the molecule is CCOc1ccc(C(C)NC)cc1CSC1CCOC1C. The van der Waals surface area contributed by atoms with Gasteiger partial charge in [-0.3, -0.25) is 0 Å². The van der Waals surface area contributed by atoms with Crippen LogP contribution in [0.1, 0.15) is 44.4 Å². The van der Waals surface area contributed by atoms with Gasteiger partial charge in [0.15, 0.2) is 0 Å². The van der Waals surface area contributed by atoms with E-state index in [4.69, 9.17) is 9.47 Å². The molecule has 0 amide bonds. The van der Waals surface area contributed by atoms with Gasteiger partial charge in [-0.05, 0) is 51.9 Å². The Kier molecular flexibility index (Phi) is 6.40. The van der Waals surface area contributed by atoms with Crippen molar-refractivity contribution in [1.29, 1.82) is 0 Å². The van der Waals surface area contributed by atoms with E-state index in [9.17, 15) is 0 Å². The van der Waals surface area contributed by atoms with Gasteiger partial charge in [0.25, 0.3) is 0 Å². The third kappa shape index (κ3) is 4.38. The molecule has 1 heterocycles. The average Bonchev–Trinajstić information content (AvgIpc) is 2.91. The van der Waals surface area contributed by atoms with Crippen LogP contribution < -0.4 is 10.1 Å².